The summed E-state index contributed by atoms with van der Waals surface area (Å²) in [5.41, 5.74) is 3.13. The highest BCUT2D eigenvalue weighted by molar-refractivity contribution is 5.44. The van der Waals surface area contributed by atoms with Crippen LogP contribution in [0.1, 0.15) is 30.0 Å². The zero-order valence-corrected chi connectivity index (χ0v) is 12.5. The molecule has 21 heavy (non-hydrogen) atoms. The average molecular weight is 287 g/mol. The van der Waals surface area contributed by atoms with Gasteiger partial charge in [0.2, 0.25) is 0 Å². The summed E-state index contributed by atoms with van der Waals surface area (Å²) in [6.07, 6.45) is 5.22. The first-order valence-corrected chi connectivity index (χ1v) is 7.20. The van der Waals surface area contributed by atoms with Gasteiger partial charge >= 0.3 is 0 Å². The third-order valence-corrected chi connectivity index (χ3v) is 3.53. The molecule has 1 aromatic heterocycles. The Morgan fingerprint density at radius 3 is 2.86 bits per heavy atom. The van der Waals surface area contributed by atoms with Gasteiger partial charge in [-0.1, -0.05) is 19.1 Å². The van der Waals surface area contributed by atoms with Crippen molar-refractivity contribution in [2.24, 2.45) is 0 Å². The van der Waals surface area contributed by atoms with Gasteiger partial charge in [-0.2, -0.15) is 0 Å². The Hall–Kier alpha value is -2.14. The monoisotopic (exact) mass is 287 g/mol. The zero-order valence-electron chi connectivity index (χ0n) is 12.5. The smallest absolute Gasteiger partial charge is 0.272 e. The lowest BCUT2D eigenvalue weighted by molar-refractivity contribution is -0.385. The lowest BCUT2D eigenvalue weighted by atomic mass is 10.1. The Kier molecular flexibility index (Phi) is 5.11. The highest BCUT2D eigenvalue weighted by atomic mass is 16.6. The third kappa shape index (κ3) is 3.92. The Morgan fingerprint density at radius 2 is 2.14 bits per heavy atom. The molecule has 1 aromatic carbocycles. The minimum Gasteiger partial charge on any atom is -0.350 e. The van der Waals surface area contributed by atoms with E-state index < -0.39 is 0 Å². The topological polar surface area (TPSA) is 60.1 Å². The van der Waals surface area contributed by atoms with E-state index in [1.54, 1.807) is 19.1 Å². The van der Waals surface area contributed by atoms with Gasteiger partial charge in [0.05, 0.1) is 4.92 Å². The highest BCUT2D eigenvalue weighted by Crippen LogP contribution is 2.22. The van der Waals surface area contributed by atoms with Crippen molar-refractivity contribution in [1.82, 2.24) is 9.88 Å². The maximum atomic E-state index is 11.0. The molecule has 0 bridgehead atoms. The van der Waals surface area contributed by atoms with Gasteiger partial charge in [-0.05, 0) is 37.1 Å². The highest BCUT2D eigenvalue weighted by Gasteiger charge is 2.13. The molecule has 0 atom stereocenters. The van der Waals surface area contributed by atoms with Gasteiger partial charge in [-0.15, -0.1) is 0 Å². The van der Waals surface area contributed by atoms with Crippen LogP contribution in [0.5, 0.6) is 0 Å². The van der Waals surface area contributed by atoms with E-state index in [9.17, 15) is 10.1 Å². The summed E-state index contributed by atoms with van der Waals surface area (Å²) in [6.45, 7) is 6.47. The summed E-state index contributed by atoms with van der Waals surface area (Å²) < 4.78 is 2.06. The molecule has 0 aliphatic heterocycles. The number of nitrogens with zero attached hydrogens (tertiary/aromatic N) is 2. The summed E-state index contributed by atoms with van der Waals surface area (Å²) in [6, 6.07) is 7.31. The van der Waals surface area contributed by atoms with Crippen LogP contribution in [0.4, 0.5) is 5.69 Å². The van der Waals surface area contributed by atoms with Crippen LogP contribution in [0.25, 0.3) is 0 Å². The Morgan fingerprint density at radius 1 is 1.33 bits per heavy atom. The minimum atomic E-state index is -0.325. The lowest BCUT2D eigenvalue weighted by Gasteiger charge is -2.07. The second-order valence-electron chi connectivity index (χ2n) is 5.19. The van der Waals surface area contributed by atoms with Crippen molar-refractivity contribution in [3.8, 4) is 0 Å². The molecule has 0 aliphatic carbocycles. The molecule has 5 nitrogen and oxygen atoms in total. The van der Waals surface area contributed by atoms with Gasteiger partial charge in [-0.25, -0.2) is 0 Å². The molecule has 0 aliphatic rings. The SMILES string of the molecule is CCCNCc1ccn(Cc2cccc([N+](=O)[O-])c2C)c1. The van der Waals surface area contributed by atoms with Crippen LogP contribution in [-0.2, 0) is 13.1 Å². The second kappa shape index (κ2) is 7.04. The molecule has 112 valence electrons. The van der Waals surface area contributed by atoms with Gasteiger partial charge in [0.1, 0.15) is 0 Å². The molecule has 0 fully saturated rings. The maximum absolute atomic E-state index is 11.0. The van der Waals surface area contributed by atoms with Gasteiger partial charge in [0, 0.05) is 37.1 Å². The number of rotatable bonds is 7. The Bertz CT molecular complexity index is 620. The van der Waals surface area contributed by atoms with Crippen molar-refractivity contribution in [3.05, 3.63) is 63.5 Å². The number of nitro benzene ring substituents is 1. The predicted molar refractivity (Wildman–Crippen MR) is 83.4 cm³/mol. The van der Waals surface area contributed by atoms with E-state index in [1.165, 1.54) is 5.56 Å². The fraction of sp³-hybridized carbons (Fsp3) is 0.375. The number of hydrogen-bond donors (Lipinski definition) is 1. The van der Waals surface area contributed by atoms with Crippen LogP contribution in [0, 0.1) is 17.0 Å². The summed E-state index contributed by atoms with van der Waals surface area (Å²) in [7, 11) is 0. The summed E-state index contributed by atoms with van der Waals surface area (Å²) in [5, 5.41) is 14.3. The molecule has 0 saturated carbocycles. The van der Waals surface area contributed by atoms with E-state index in [0.717, 1.165) is 30.6 Å². The van der Waals surface area contributed by atoms with Gasteiger partial charge in [0.15, 0.2) is 0 Å². The number of aromatic nitrogens is 1. The second-order valence-corrected chi connectivity index (χ2v) is 5.19. The van der Waals surface area contributed by atoms with E-state index in [-0.39, 0.29) is 10.6 Å². The summed E-state index contributed by atoms with van der Waals surface area (Å²) >= 11 is 0. The van der Waals surface area contributed by atoms with E-state index in [1.807, 2.05) is 12.3 Å². The van der Waals surface area contributed by atoms with Crippen molar-refractivity contribution in [2.75, 3.05) is 6.54 Å². The molecule has 0 saturated heterocycles. The average Bonchev–Trinajstić information content (AvgIpc) is 2.89. The first kappa shape index (κ1) is 15.3. The minimum absolute atomic E-state index is 0.185. The maximum Gasteiger partial charge on any atom is 0.272 e. The number of nitro groups is 1. The van der Waals surface area contributed by atoms with Gasteiger partial charge in [0.25, 0.3) is 5.69 Å². The van der Waals surface area contributed by atoms with Crippen molar-refractivity contribution >= 4 is 5.69 Å². The largest absolute Gasteiger partial charge is 0.350 e. The molecule has 0 radical (unpaired) electrons. The number of hydrogen-bond acceptors (Lipinski definition) is 3. The van der Waals surface area contributed by atoms with Crippen molar-refractivity contribution in [1.29, 1.82) is 0 Å². The molecule has 0 spiro atoms. The fourth-order valence-electron chi connectivity index (χ4n) is 2.34. The fourth-order valence-corrected chi connectivity index (χ4v) is 2.34. The molecule has 5 heteroatoms. The Labute approximate surface area is 124 Å². The van der Waals surface area contributed by atoms with Crippen LogP contribution < -0.4 is 5.32 Å². The van der Waals surface area contributed by atoms with Crippen LogP contribution in [0.15, 0.2) is 36.7 Å². The first-order valence-electron chi connectivity index (χ1n) is 7.20. The molecular formula is C16H21N3O2. The van der Waals surface area contributed by atoms with Crippen molar-refractivity contribution in [3.63, 3.8) is 0 Å². The normalized spacial score (nSPS) is 10.8. The van der Waals surface area contributed by atoms with Crippen LogP contribution in [-0.4, -0.2) is 16.0 Å². The molecule has 2 rings (SSSR count). The first-order chi connectivity index (χ1) is 10.1. The molecule has 1 heterocycles. The molecule has 1 N–H and O–H groups in total. The summed E-state index contributed by atoms with van der Waals surface area (Å²) in [4.78, 5) is 10.6. The van der Waals surface area contributed by atoms with Crippen LogP contribution >= 0.6 is 0 Å². The number of benzene rings is 1. The molecule has 0 unspecified atom stereocenters. The van der Waals surface area contributed by atoms with Crippen molar-refractivity contribution in [2.45, 2.75) is 33.4 Å². The summed E-state index contributed by atoms with van der Waals surface area (Å²) in [5.74, 6) is 0. The zero-order chi connectivity index (χ0) is 15.2. The molecule has 2 aromatic rings. The predicted octanol–water partition coefficient (Wildman–Crippen LogP) is 3.25. The van der Waals surface area contributed by atoms with E-state index in [2.05, 4.69) is 29.1 Å². The van der Waals surface area contributed by atoms with Crippen LogP contribution in [0.2, 0.25) is 0 Å². The number of nitrogens with one attached hydrogen (secondary N) is 1. The van der Waals surface area contributed by atoms with E-state index in [0.29, 0.717) is 6.54 Å². The van der Waals surface area contributed by atoms with Gasteiger partial charge < -0.3 is 9.88 Å². The van der Waals surface area contributed by atoms with E-state index >= 15 is 0 Å². The van der Waals surface area contributed by atoms with Crippen molar-refractivity contribution < 1.29 is 4.92 Å². The Balaban J connectivity index is 2.08. The molecular weight excluding hydrogens is 266 g/mol. The lowest BCUT2D eigenvalue weighted by Crippen LogP contribution is -2.13. The molecule has 0 amide bonds. The standard InChI is InChI=1S/C16H21N3O2/c1-3-8-17-10-14-7-9-18(11-14)12-15-5-4-6-16(13(15)2)19(20)21/h4-7,9,11,17H,3,8,10,12H2,1-2H3. The van der Waals surface area contributed by atoms with E-state index in [4.69, 9.17) is 0 Å². The van der Waals surface area contributed by atoms with Gasteiger partial charge in [-0.3, -0.25) is 10.1 Å². The van der Waals surface area contributed by atoms with Crippen LogP contribution in [0.3, 0.4) is 0 Å². The quantitative estimate of drug-likeness (QED) is 0.483. The third-order valence-electron chi connectivity index (χ3n) is 3.53.